The van der Waals surface area contributed by atoms with E-state index < -0.39 is 10.1 Å². The van der Waals surface area contributed by atoms with Gasteiger partial charge in [-0.25, -0.2) is 8.42 Å². The lowest BCUT2D eigenvalue weighted by Gasteiger charge is -2.10. The van der Waals surface area contributed by atoms with Gasteiger partial charge in [-0.2, -0.15) is 4.57 Å². The highest BCUT2D eigenvalue weighted by Gasteiger charge is 2.25. The number of aromatic nitrogens is 1. The molecule has 1 aromatic carbocycles. The van der Waals surface area contributed by atoms with E-state index in [9.17, 15) is 13.0 Å². The van der Waals surface area contributed by atoms with Crippen molar-refractivity contribution in [2.75, 3.05) is 19.8 Å². The Morgan fingerprint density at radius 2 is 1.31 bits per heavy atom. The third-order valence-electron chi connectivity index (χ3n) is 9.73. The van der Waals surface area contributed by atoms with Gasteiger partial charge in [0.15, 0.2) is 6.20 Å². The summed E-state index contributed by atoms with van der Waals surface area (Å²) < 4.78 is 45.4. The second kappa shape index (κ2) is 29.3. The first-order valence-electron chi connectivity index (χ1n) is 20.0. The molecule has 0 bridgehead atoms. The van der Waals surface area contributed by atoms with Crippen molar-refractivity contribution < 1.29 is 27.0 Å². The highest BCUT2D eigenvalue weighted by atomic mass is 32.2. The zero-order chi connectivity index (χ0) is 35.3. The normalized spacial score (nSPS) is 16.1. The number of hydrogen-bond donors (Lipinski definition) is 0. The third kappa shape index (κ3) is 24.5. The van der Waals surface area contributed by atoms with Gasteiger partial charge in [-0.1, -0.05) is 158 Å². The van der Waals surface area contributed by atoms with E-state index in [1.807, 2.05) is 6.92 Å². The fourth-order valence-corrected chi connectivity index (χ4v) is 7.69. The molecular formula is C41H71NO5S2. The fourth-order valence-electron chi connectivity index (χ4n) is 6.59. The minimum atomic E-state index is -4.27. The van der Waals surface area contributed by atoms with Gasteiger partial charge < -0.3 is 14.0 Å². The van der Waals surface area contributed by atoms with Crippen molar-refractivity contribution in [3.05, 3.63) is 46.9 Å². The number of unbranched alkanes of at least 4 members (excludes halogenated alkanes) is 20. The summed E-state index contributed by atoms with van der Waals surface area (Å²) in [4.78, 5) is -0.178. The summed E-state index contributed by atoms with van der Waals surface area (Å²) in [6.07, 6.45) is 36.1. The molecule has 2 aromatic rings. The number of hydrogen-bond acceptors (Lipinski definition) is 6. The zero-order valence-corrected chi connectivity index (χ0v) is 32.9. The molecule has 1 fully saturated rings. The largest absolute Gasteiger partial charge is 0.744 e. The highest BCUT2D eigenvalue weighted by Crippen LogP contribution is 2.25. The fraction of sp³-hybridized carbons (Fsp3) is 0.780. The number of ether oxygens (including phenoxy) is 2. The lowest BCUT2D eigenvalue weighted by atomic mass is 9.97. The molecule has 8 heteroatoms. The van der Waals surface area contributed by atoms with Crippen LogP contribution in [0.15, 0.2) is 46.2 Å². The third-order valence-corrected chi connectivity index (χ3v) is 11.2. The van der Waals surface area contributed by atoms with Crippen LogP contribution in [-0.2, 0) is 26.1 Å². The number of benzene rings is 1. The van der Waals surface area contributed by atoms with Crippen molar-refractivity contribution >= 4 is 21.5 Å². The van der Waals surface area contributed by atoms with E-state index in [0.29, 0.717) is 6.10 Å². The molecule has 0 amide bonds. The van der Waals surface area contributed by atoms with Crippen LogP contribution >= 0.6 is 11.3 Å². The van der Waals surface area contributed by atoms with Gasteiger partial charge in [0.2, 0.25) is 5.51 Å². The van der Waals surface area contributed by atoms with Crippen molar-refractivity contribution in [3.63, 3.8) is 0 Å². The molecule has 2 heterocycles. The minimum Gasteiger partial charge on any atom is -0.744 e. The molecule has 0 unspecified atom stereocenters. The molecule has 3 rings (SSSR count). The second-order valence-electron chi connectivity index (χ2n) is 14.4. The van der Waals surface area contributed by atoms with Crippen LogP contribution in [-0.4, -0.2) is 38.9 Å². The first-order valence-corrected chi connectivity index (χ1v) is 22.4. The van der Waals surface area contributed by atoms with Gasteiger partial charge in [0.1, 0.15) is 16.7 Å². The van der Waals surface area contributed by atoms with Gasteiger partial charge in [-0.15, -0.1) is 0 Å². The van der Waals surface area contributed by atoms with Crippen molar-refractivity contribution in [1.29, 1.82) is 0 Å². The Morgan fingerprint density at radius 1 is 0.776 bits per heavy atom. The molecule has 0 spiro atoms. The molecule has 49 heavy (non-hydrogen) atoms. The first kappa shape index (κ1) is 43.8. The molecule has 282 valence electrons. The summed E-state index contributed by atoms with van der Waals surface area (Å²) in [5.41, 5.74) is 3.13. The Balaban J connectivity index is 0.000000639. The summed E-state index contributed by atoms with van der Waals surface area (Å²) in [5, 5.41) is 2.15. The van der Waals surface area contributed by atoms with Crippen LogP contribution in [0.25, 0.3) is 0 Å². The first-order chi connectivity index (χ1) is 23.9. The molecule has 0 N–H and O–H groups in total. The predicted octanol–water partition coefficient (Wildman–Crippen LogP) is 11.3. The second-order valence-corrected chi connectivity index (χ2v) is 16.5. The molecule has 1 saturated heterocycles. The quantitative estimate of drug-likeness (QED) is 0.0475. The topological polar surface area (TPSA) is 79.5 Å². The van der Waals surface area contributed by atoms with E-state index in [1.165, 1.54) is 173 Å². The van der Waals surface area contributed by atoms with Crippen molar-refractivity contribution in [1.82, 2.24) is 0 Å². The van der Waals surface area contributed by atoms with E-state index in [1.54, 1.807) is 23.5 Å². The van der Waals surface area contributed by atoms with E-state index in [0.717, 1.165) is 31.3 Å². The zero-order valence-electron chi connectivity index (χ0n) is 31.3. The SMILES string of the molecule is CCCCCCCCCCCCCCCCCC[C@H]1CO[C@H](COCCCCCCCC[n+]2ccsc2)C1.Cc1ccc(S(=O)(=O)[O-])cc1. The summed E-state index contributed by atoms with van der Waals surface area (Å²) >= 11 is 1.78. The van der Waals surface area contributed by atoms with Crippen LogP contribution in [0, 0.1) is 12.8 Å². The molecule has 6 nitrogen and oxygen atoms in total. The lowest BCUT2D eigenvalue weighted by molar-refractivity contribution is -0.692. The summed E-state index contributed by atoms with van der Waals surface area (Å²) in [6.45, 7) is 7.99. The van der Waals surface area contributed by atoms with Gasteiger partial charge in [-0.3, -0.25) is 0 Å². The smallest absolute Gasteiger partial charge is 0.224 e. The van der Waals surface area contributed by atoms with Crippen molar-refractivity contribution in [2.45, 2.75) is 185 Å². The summed E-state index contributed by atoms with van der Waals surface area (Å²) in [6, 6.07) is 5.78. The average molecular weight is 722 g/mol. The van der Waals surface area contributed by atoms with E-state index in [4.69, 9.17) is 9.47 Å². The van der Waals surface area contributed by atoms with Crippen LogP contribution in [0.1, 0.15) is 167 Å². The maximum absolute atomic E-state index is 10.4. The standard InChI is InChI=1S/C34H64NO2S.C7H8O3S/c1-2-3-4-5-6-7-8-9-10-11-12-13-14-15-18-21-24-33-29-34(37-30-33)31-36-27-23-20-17-16-19-22-25-35-26-28-38-32-35;1-6-2-4-7(5-3-6)11(8,9)10/h26,28,32-34H,2-25,27,29-31H2,1H3;2-5H,1H3,(H,8,9,10)/q+1;/p-1/t33-,34+;/m1./s1. The number of thiazole rings is 1. The lowest BCUT2D eigenvalue weighted by Crippen LogP contribution is -2.29. The van der Waals surface area contributed by atoms with Crippen molar-refractivity contribution in [3.8, 4) is 0 Å². The maximum atomic E-state index is 10.4. The maximum Gasteiger partial charge on any atom is 0.224 e. The molecule has 0 saturated carbocycles. The monoisotopic (exact) mass is 721 g/mol. The molecule has 1 aliphatic heterocycles. The van der Waals surface area contributed by atoms with Crippen LogP contribution in [0.2, 0.25) is 0 Å². The Morgan fingerprint density at radius 3 is 1.84 bits per heavy atom. The van der Waals surface area contributed by atoms with Gasteiger partial charge in [0.25, 0.3) is 0 Å². The van der Waals surface area contributed by atoms with E-state index in [-0.39, 0.29) is 4.90 Å². The molecule has 1 aromatic heterocycles. The molecule has 1 aliphatic rings. The van der Waals surface area contributed by atoms with Gasteiger partial charge in [0.05, 0.1) is 23.0 Å². The van der Waals surface area contributed by atoms with Crippen LogP contribution in [0.3, 0.4) is 0 Å². The molecule has 0 radical (unpaired) electrons. The Labute approximate surface area is 305 Å². The van der Waals surface area contributed by atoms with Crippen molar-refractivity contribution in [2.24, 2.45) is 5.92 Å². The van der Waals surface area contributed by atoms with Gasteiger partial charge in [-0.05, 0) is 50.7 Å². The Hall–Kier alpha value is -1.32. The minimum absolute atomic E-state index is 0.178. The molecule has 0 aliphatic carbocycles. The summed E-state index contributed by atoms with van der Waals surface area (Å²) in [5.74, 6) is 0.780. The van der Waals surface area contributed by atoms with Gasteiger partial charge in [0, 0.05) is 19.6 Å². The van der Waals surface area contributed by atoms with Crippen LogP contribution in [0.5, 0.6) is 0 Å². The number of rotatable bonds is 29. The van der Waals surface area contributed by atoms with E-state index >= 15 is 0 Å². The number of nitrogens with zero attached hydrogens (tertiary/aromatic N) is 1. The van der Waals surface area contributed by atoms with Crippen LogP contribution in [0.4, 0.5) is 0 Å². The number of aryl methyl sites for hydroxylation is 2. The average Bonchev–Trinajstić information content (AvgIpc) is 3.78. The Bertz CT molecular complexity index is 1110. The van der Waals surface area contributed by atoms with Gasteiger partial charge >= 0.3 is 0 Å². The highest BCUT2D eigenvalue weighted by molar-refractivity contribution is 7.85. The Kier molecular flexibility index (Phi) is 26.2. The predicted molar refractivity (Wildman–Crippen MR) is 204 cm³/mol. The van der Waals surface area contributed by atoms with Crippen LogP contribution < -0.4 is 4.57 Å². The van der Waals surface area contributed by atoms with E-state index in [2.05, 4.69) is 28.6 Å². The molecule has 2 atom stereocenters. The molecular weight excluding hydrogens is 651 g/mol. The summed E-state index contributed by atoms with van der Waals surface area (Å²) in [7, 11) is -4.27.